The van der Waals surface area contributed by atoms with Crippen molar-refractivity contribution in [2.45, 2.75) is 20.0 Å². The Labute approximate surface area is 119 Å². The van der Waals surface area contributed by atoms with Crippen LogP contribution in [0.15, 0.2) is 18.2 Å². The van der Waals surface area contributed by atoms with E-state index in [2.05, 4.69) is 0 Å². The Morgan fingerprint density at radius 1 is 1.50 bits per heavy atom. The van der Waals surface area contributed by atoms with Gasteiger partial charge in [0.25, 0.3) is 5.91 Å². The molecular weight excluding hydrogens is 258 g/mol. The molecule has 0 bridgehead atoms. The lowest BCUT2D eigenvalue weighted by molar-refractivity contribution is -0.142. The first kappa shape index (κ1) is 14.8. The molecule has 2 rings (SSSR count). The van der Waals surface area contributed by atoms with Gasteiger partial charge in [-0.3, -0.25) is 4.79 Å². The Morgan fingerprint density at radius 2 is 2.30 bits per heavy atom. The summed E-state index contributed by atoms with van der Waals surface area (Å²) in [5, 5.41) is 9.07. The average Bonchev–Trinajstić information content (AvgIpc) is 2.48. The van der Waals surface area contributed by atoms with E-state index >= 15 is 0 Å². The highest BCUT2D eigenvalue weighted by Gasteiger charge is 2.23. The van der Waals surface area contributed by atoms with E-state index in [4.69, 9.17) is 14.6 Å². The molecule has 1 aliphatic rings. The SMILES string of the molecule is Cc1ccc(C)c(OCC(=O)N2CCOC(CO)C2)c1. The molecule has 1 aliphatic heterocycles. The Morgan fingerprint density at radius 3 is 3.05 bits per heavy atom. The molecule has 5 heteroatoms. The lowest BCUT2D eigenvalue weighted by atomic mass is 10.1. The van der Waals surface area contributed by atoms with E-state index in [0.29, 0.717) is 19.7 Å². The lowest BCUT2D eigenvalue weighted by Crippen LogP contribution is -2.48. The summed E-state index contributed by atoms with van der Waals surface area (Å²) in [5.41, 5.74) is 2.11. The van der Waals surface area contributed by atoms with Gasteiger partial charge >= 0.3 is 0 Å². The number of rotatable bonds is 4. The zero-order chi connectivity index (χ0) is 14.5. The number of aliphatic hydroxyl groups excluding tert-OH is 1. The number of benzene rings is 1. The zero-order valence-electron chi connectivity index (χ0n) is 12.0. The Hall–Kier alpha value is -1.59. The van der Waals surface area contributed by atoms with Gasteiger partial charge in [0.1, 0.15) is 5.75 Å². The van der Waals surface area contributed by atoms with Gasteiger partial charge in [0.15, 0.2) is 6.61 Å². The molecule has 0 saturated carbocycles. The molecule has 0 aromatic heterocycles. The van der Waals surface area contributed by atoms with Crippen LogP contribution in [0.25, 0.3) is 0 Å². The summed E-state index contributed by atoms with van der Waals surface area (Å²) >= 11 is 0. The van der Waals surface area contributed by atoms with Crippen molar-refractivity contribution in [3.8, 4) is 5.75 Å². The molecule has 110 valence electrons. The molecule has 1 aromatic carbocycles. The number of morpholine rings is 1. The normalized spacial score (nSPS) is 18.9. The van der Waals surface area contributed by atoms with Gasteiger partial charge in [0.2, 0.25) is 0 Å². The van der Waals surface area contributed by atoms with Gasteiger partial charge in [0, 0.05) is 13.1 Å². The van der Waals surface area contributed by atoms with Gasteiger partial charge in [-0.05, 0) is 31.0 Å². The van der Waals surface area contributed by atoms with E-state index in [9.17, 15) is 4.79 Å². The number of nitrogens with zero attached hydrogens (tertiary/aromatic N) is 1. The molecule has 1 aromatic rings. The fourth-order valence-electron chi connectivity index (χ4n) is 2.15. The van der Waals surface area contributed by atoms with Crippen LogP contribution in [0, 0.1) is 13.8 Å². The van der Waals surface area contributed by atoms with E-state index < -0.39 is 0 Å². The van der Waals surface area contributed by atoms with Crippen LogP contribution in [0.5, 0.6) is 5.75 Å². The molecule has 0 radical (unpaired) electrons. The van der Waals surface area contributed by atoms with Crippen molar-refractivity contribution >= 4 is 5.91 Å². The third-order valence-corrected chi connectivity index (χ3v) is 3.39. The Balaban J connectivity index is 1.90. The summed E-state index contributed by atoms with van der Waals surface area (Å²) in [7, 11) is 0. The molecule has 1 unspecified atom stereocenters. The van der Waals surface area contributed by atoms with Crippen LogP contribution < -0.4 is 4.74 Å². The van der Waals surface area contributed by atoms with Crippen LogP contribution in [-0.2, 0) is 9.53 Å². The van der Waals surface area contributed by atoms with Gasteiger partial charge in [-0.25, -0.2) is 0 Å². The van der Waals surface area contributed by atoms with Crippen LogP contribution in [0.2, 0.25) is 0 Å². The zero-order valence-corrected chi connectivity index (χ0v) is 12.0. The van der Waals surface area contributed by atoms with Crippen molar-refractivity contribution in [3.63, 3.8) is 0 Å². The molecule has 5 nitrogen and oxygen atoms in total. The van der Waals surface area contributed by atoms with Gasteiger partial charge in [-0.1, -0.05) is 12.1 Å². The second kappa shape index (κ2) is 6.72. The molecule has 1 atom stereocenters. The number of aliphatic hydroxyl groups is 1. The molecule has 0 spiro atoms. The van der Waals surface area contributed by atoms with E-state index in [-0.39, 0.29) is 25.2 Å². The fraction of sp³-hybridized carbons (Fsp3) is 0.533. The molecule has 1 fully saturated rings. The van der Waals surface area contributed by atoms with Gasteiger partial charge in [-0.15, -0.1) is 0 Å². The first-order chi connectivity index (χ1) is 9.60. The smallest absolute Gasteiger partial charge is 0.260 e. The summed E-state index contributed by atoms with van der Waals surface area (Å²) < 4.78 is 10.9. The summed E-state index contributed by atoms with van der Waals surface area (Å²) in [6, 6.07) is 5.92. The molecular formula is C15H21NO4. The second-order valence-electron chi connectivity index (χ2n) is 5.07. The van der Waals surface area contributed by atoms with E-state index in [1.54, 1.807) is 4.90 Å². The summed E-state index contributed by atoms with van der Waals surface area (Å²) in [5.74, 6) is 0.665. The summed E-state index contributed by atoms with van der Waals surface area (Å²) in [6.45, 7) is 5.32. The number of hydrogen-bond acceptors (Lipinski definition) is 4. The highest BCUT2D eigenvalue weighted by Crippen LogP contribution is 2.19. The second-order valence-corrected chi connectivity index (χ2v) is 5.07. The topological polar surface area (TPSA) is 59.0 Å². The monoisotopic (exact) mass is 279 g/mol. The van der Waals surface area contributed by atoms with Crippen molar-refractivity contribution in [2.75, 3.05) is 32.9 Å². The summed E-state index contributed by atoms with van der Waals surface area (Å²) in [4.78, 5) is 13.8. The highest BCUT2D eigenvalue weighted by atomic mass is 16.5. The van der Waals surface area contributed by atoms with Crippen LogP contribution in [0.4, 0.5) is 0 Å². The van der Waals surface area contributed by atoms with Crippen LogP contribution >= 0.6 is 0 Å². The van der Waals surface area contributed by atoms with Gasteiger partial charge < -0.3 is 19.5 Å². The molecule has 1 saturated heterocycles. The van der Waals surface area contributed by atoms with Crippen molar-refractivity contribution in [2.24, 2.45) is 0 Å². The van der Waals surface area contributed by atoms with Crippen LogP contribution in [-0.4, -0.2) is 54.9 Å². The van der Waals surface area contributed by atoms with E-state index in [1.807, 2.05) is 32.0 Å². The maximum atomic E-state index is 12.1. The van der Waals surface area contributed by atoms with E-state index in [0.717, 1.165) is 16.9 Å². The molecule has 1 amide bonds. The quantitative estimate of drug-likeness (QED) is 0.889. The maximum Gasteiger partial charge on any atom is 0.260 e. The lowest BCUT2D eigenvalue weighted by Gasteiger charge is -2.32. The number of ether oxygens (including phenoxy) is 2. The molecule has 0 aliphatic carbocycles. The number of carbonyl (C=O) groups is 1. The van der Waals surface area contributed by atoms with Crippen molar-refractivity contribution in [1.29, 1.82) is 0 Å². The molecule has 1 heterocycles. The standard InChI is InChI=1S/C15H21NO4/c1-11-3-4-12(2)14(7-11)20-10-15(18)16-5-6-19-13(8-16)9-17/h3-4,7,13,17H,5-6,8-10H2,1-2H3. The van der Waals surface area contributed by atoms with Crippen molar-refractivity contribution < 1.29 is 19.4 Å². The summed E-state index contributed by atoms with van der Waals surface area (Å²) in [6.07, 6.45) is -0.284. The van der Waals surface area contributed by atoms with Gasteiger partial charge in [0.05, 0.1) is 19.3 Å². The minimum absolute atomic E-state index is 0.0163. The first-order valence-electron chi connectivity index (χ1n) is 6.80. The van der Waals surface area contributed by atoms with Crippen molar-refractivity contribution in [3.05, 3.63) is 29.3 Å². The highest BCUT2D eigenvalue weighted by molar-refractivity contribution is 5.78. The maximum absolute atomic E-state index is 12.1. The minimum atomic E-state index is -0.284. The first-order valence-corrected chi connectivity index (χ1v) is 6.80. The number of carbonyl (C=O) groups excluding carboxylic acids is 1. The average molecular weight is 279 g/mol. The fourth-order valence-corrected chi connectivity index (χ4v) is 2.15. The third-order valence-electron chi connectivity index (χ3n) is 3.39. The van der Waals surface area contributed by atoms with Crippen LogP contribution in [0.1, 0.15) is 11.1 Å². The van der Waals surface area contributed by atoms with Crippen LogP contribution in [0.3, 0.4) is 0 Å². The Bertz CT molecular complexity index is 475. The number of amides is 1. The predicted octanol–water partition coefficient (Wildman–Crippen LogP) is 0.902. The minimum Gasteiger partial charge on any atom is -0.483 e. The third kappa shape index (κ3) is 3.71. The molecule has 20 heavy (non-hydrogen) atoms. The largest absolute Gasteiger partial charge is 0.483 e. The van der Waals surface area contributed by atoms with Gasteiger partial charge in [-0.2, -0.15) is 0 Å². The molecule has 1 N–H and O–H groups in total. The predicted molar refractivity (Wildman–Crippen MR) is 74.8 cm³/mol. The number of hydrogen-bond donors (Lipinski definition) is 1. The van der Waals surface area contributed by atoms with E-state index in [1.165, 1.54) is 0 Å². The number of aryl methyl sites for hydroxylation is 2. The Kier molecular flexibility index (Phi) is 4.98. The van der Waals surface area contributed by atoms with Crippen molar-refractivity contribution in [1.82, 2.24) is 4.90 Å².